The molecule has 1 unspecified atom stereocenters. The van der Waals surface area contributed by atoms with Gasteiger partial charge in [0.2, 0.25) is 0 Å². The molecule has 4 heteroatoms. The molecule has 0 amide bonds. The number of hydrogen-bond acceptors (Lipinski definition) is 3. The summed E-state index contributed by atoms with van der Waals surface area (Å²) in [7, 11) is 0. The summed E-state index contributed by atoms with van der Waals surface area (Å²) < 4.78 is 8.03. The zero-order valence-corrected chi connectivity index (χ0v) is 14.6. The van der Waals surface area contributed by atoms with Crippen molar-refractivity contribution in [2.75, 3.05) is 13.2 Å². The van der Waals surface area contributed by atoms with Crippen LogP contribution in [-0.2, 0) is 11.2 Å². The van der Waals surface area contributed by atoms with Crippen LogP contribution in [0, 0.1) is 0 Å². The molecule has 1 aromatic heterocycles. The highest BCUT2D eigenvalue weighted by Crippen LogP contribution is 2.20. The molecule has 0 aromatic carbocycles. The van der Waals surface area contributed by atoms with Crippen LogP contribution in [0.25, 0.3) is 0 Å². The van der Waals surface area contributed by atoms with E-state index in [-0.39, 0.29) is 11.6 Å². The molecule has 0 bridgehead atoms. The SMILES string of the molecule is CCNC(Cc1ccn(C(CC)CC)n1)C(C)(C)OCC. The summed E-state index contributed by atoms with van der Waals surface area (Å²) in [4.78, 5) is 0. The molecular weight excluding hydrogens is 262 g/mol. The van der Waals surface area contributed by atoms with Crippen LogP contribution in [0.1, 0.15) is 66.1 Å². The Morgan fingerprint density at radius 1 is 1.24 bits per heavy atom. The Bertz CT molecular complexity index is 396. The molecule has 0 radical (unpaired) electrons. The van der Waals surface area contributed by atoms with Gasteiger partial charge in [-0.2, -0.15) is 5.10 Å². The van der Waals surface area contributed by atoms with Crippen LogP contribution in [0.4, 0.5) is 0 Å². The number of nitrogens with one attached hydrogen (secondary N) is 1. The minimum Gasteiger partial charge on any atom is -0.374 e. The molecule has 0 saturated carbocycles. The van der Waals surface area contributed by atoms with Crippen molar-refractivity contribution in [2.24, 2.45) is 0 Å². The molecule has 1 N–H and O–H groups in total. The first kappa shape index (κ1) is 18.2. The van der Waals surface area contributed by atoms with Gasteiger partial charge in [0.15, 0.2) is 0 Å². The lowest BCUT2D eigenvalue weighted by Crippen LogP contribution is -2.50. The summed E-state index contributed by atoms with van der Waals surface area (Å²) in [5.74, 6) is 0. The van der Waals surface area contributed by atoms with E-state index < -0.39 is 0 Å². The number of rotatable bonds is 10. The highest BCUT2D eigenvalue weighted by atomic mass is 16.5. The lowest BCUT2D eigenvalue weighted by molar-refractivity contribution is -0.0379. The van der Waals surface area contributed by atoms with E-state index in [1.807, 2.05) is 6.92 Å². The van der Waals surface area contributed by atoms with Crippen molar-refractivity contribution < 1.29 is 4.74 Å². The molecule has 122 valence electrons. The first-order valence-electron chi connectivity index (χ1n) is 8.39. The second kappa shape index (κ2) is 8.54. The minimum atomic E-state index is -0.191. The van der Waals surface area contributed by atoms with Gasteiger partial charge in [-0.1, -0.05) is 20.8 Å². The fourth-order valence-corrected chi connectivity index (χ4v) is 2.84. The van der Waals surface area contributed by atoms with E-state index in [1.54, 1.807) is 0 Å². The summed E-state index contributed by atoms with van der Waals surface area (Å²) in [5.41, 5.74) is 0.948. The highest BCUT2D eigenvalue weighted by molar-refractivity contribution is 5.05. The fraction of sp³-hybridized carbons (Fsp3) is 0.824. The second-order valence-corrected chi connectivity index (χ2v) is 6.11. The number of aromatic nitrogens is 2. The Balaban J connectivity index is 2.80. The van der Waals surface area contributed by atoms with Gasteiger partial charge in [0.25, 0.3) is 0 Å². The van der Waals surface area contributed by atoms with E-state index in [1.165, 1.54) is 0 Å². The normalized spacial score (nSPS) is 13.9. The molecule has 1 heterocycles. The van der Waals surface area contributed by atoms with Gasteiger partial charge in [-0.25, -0.2) is 0 Å². The summed E-state index contributed by atoms with van der Waals surface area (Å²) in [6.07, 6.45) is 5.26. The monoisotopic (exact) mass is 295 g/mol. The molecule has 1 rings (SSSR count). The van der Waals surface area contributed by atoms with Crippen molar-refractivity contribution >= 4 is 0 Å². The summed E-state index contributed by atoms with van der Waals surface area (Å²) in [6.45, 7) is 14.6. The third-order valence-corrected chi connectivity index (χ3v) is 4.20. The van der Waals surface area contributed by atoms with Crippen LogP contribution in [0.2, 0.25) is 0 Å². The van der Waals surface area contributed by atoms with Crippen molar-refractivity contribution in [3.05, 3.63) is 18.0 Å². The first-order chi connectivity index (χ1) is 9.98. The van der Waals surface area contributed by atoms with Crippen LogP contribution in [0.5, 0.6) is 0 Å². The van der Waals surface area contributed by atoms with Crippen molar-refractivity contribution in [3.63, 3.8) is 0 Å². The van der Waals surface area contributed by atoms with E-state index in [2.05, 4.69) is 56.9 Å². The van der Waals surface area contributed by atoms with E-state index in [4.69, 9.17) is 9.84 Å². The predicted molar refractivity (Wildman–Crippen MR) is 88.7 cm³/mol. The summed E-state index contributed by atoms with van der Waals surface area (Å²) in [5, 5.41) is 8.32. The van der Waals surface area contributed by atoms with Gasteiger partial charge in [-0.3, -0.25) is 4.68 Å². The van der Waals surface area contributed by atoms with Crippen LogP contribution in [-0.4, -0.2) is 34.6 Å². The van der Waals surface area contributed by atoms with Gasteiger partial charge in [-0.15, -0.1) is 0 Å². The second-order valence-electron chi connectivity index (χ2n) is 6.11. The zero-order valence-electron chi connectivity index (χ0n) is 14.6. The lowest BCUT2D eigenvalue weighted by atomic mass is 9.94. The molecule has 0 aliphatic rings. The van der Waals surface area contributed by atoms with Gasteiger partial charge in [0.05, 0.1) is 17.3 Å². The molecule has 0 aliphatic carbocycles. The maximum absolute atomic E-state index is 5.92. The first-order valence-corrected chi connectivity index (χ1v) is 8.39. The fourth-order valence-electron chi connectivity index (χ4n) is 2.84. The number of ether oxygens (including phenoxy) is 1. The highest BCUT2D eigenvalue weighted by Gasteiger charge is 2.30. The minimum absolute atomic E-state index is 0.191. The Hall–Kier alpha value is -0.870. The van der Waals surface area contributed by atoms with Gasteiger partial charge < -0.3 is 10.1 Å². The van der Waals surface area contributed by atoms with Crippen LogP contribution < -0.4 is 5.32 Å². The number of nitrogens with zero attached hydrogens (tertiary/aromatic N) is 2. The average Bonchev–Trinajstić information content (AvgIpc) is 2.88. The molecule has 1 atom stereocenters. The average molecular weight is 295 g/mol. The quantitative estimate of drug-likeness (QED) is 0.717. The molecule has 1 aromatic rings. The van der Waals surface area contributed by atoms with Crippen molar-refractivity contribution in [1.82, 2.24) is 15.1 Å². The van der Waals surface area contributed by atoms with Gasteiger partial charge >= 0.3 is 0 Å². The van der Waals surface area contributed by atoms with Crippen LogP contribution in [0.3, 0.4) is 0 Å². The lowest BCUT2D eigenvalue weighted by Gasteiger charge is -2.34. The Labute approximate surface area is 130 Å². The number of hydrogen-bond donors (Lipinski definition) is 1. The smallest absolute Gasteiger partial charge is 0.0782 e. The van der Waals surface area contributed by atoms with E-state index >= 15 is 0 Å². The van der Waals surface area contributed by atoms with E-state index in [0.717, 1.165) is 38.1 Å². The van der Waals surface area contributed by atoms with Gasteiger partial charge in [0, 0.05) is 25.3 Å². The van der Waals surface area contributed by atoms with E-state index in [0.29, 0.717) is 6.04 Å². The van der Waals surface area contributed by atoms with Crippen LogP contribution in [0.15, 0.2) is 12.3 Å². The largest absolute Gasteiger partial charge is 0.374 e. The Morgan fingerprint density at radius 3 is 2.43 bits per heavy atom. The third kappa shape index (κ3) is 5.11. The molecule has 4 nitrogen and oxygen atoms in total. The topological polar surface area (TPSA) is 39.1 Å². The predicted octanol–water partition coefficient (Wildman–Crippen LogP) is 3.58. The van der Waals surface area contributed by atoms with Gasteiger partial charge in [-0.05, 0) is 46.2 Å². The molecule has 0 aliphatic heterocycles. The van der Waals surface area contributed by atoms with Crippen molar-refractivity contribution in [2.45, 2.75) is 78.5 Å². The molecular formula is C17H33N3O. The molecule has 0 saturated heterocycles. The summed E-state index contributed by atoms with van der Waals surface area (Å²) in [6, 6.07) is 2.92. The zero-order chi connectivity index (χ0) is 15.9. The van der Waals surface area contributed by atoms with Crippen LogP contribution >= 0.6 is 0 Å². The molecule has 0 fully saturated rings. The Kier molecular flexibility index (Phi) is 7.40. The third-order valence-electron chi connectivity index (χ3n) is 4.20. The summed E-state index contributed by atoms with van der Waals surface area (Å²) >= 11 is 0. The molecule has 21 heavy (non-hydrogen) atoms. The standard InChI is InChI=1S/C17H33N3O/c1-7-15(8-2)20-12-11-14(19-20)13-16(18-9-3)17(5,6)21-10-4/h11-12,15-16,18H,7-10,13H2,1-6H3. The van der Waals surface area contributed by atoms with Crippen molar-refractivity contribution in [1.29, 1.82) is 0 Å². The maximum atomic E-state index is 5.92. The van der Waals surface area contributed by atoms with Crippen molar-refractivity contribution in [3.8, 4) is 0 Å². The number of likely N-dealkylation sites (N-methyl/N-ethyl adjacent to an activating group) is 1. The van der Waals surface area contributed by atoms with Gasteiger partial charge in [0.1, 0.15) is 0 Å². The maximum Gasteiger partial charge on any atom is 0.0782 e. The van der Waals surface area contributed by atoms with E-state index in [9.17, 15) is 0 Å². The molecule has 0 spiro atoms. The Morgan fingerprint density at radius 2 is 1.90 bits per heavy atom.